The Labute approximate surface area is 227 Å². The van der Waals surface area contributed by atoms with Crippen molar-refractivity contribution in [2.75, 3.05) is 19.7 Å². The Morgan fingerprint density at radius 1 is 0.789 bits per heavy atom. The van der Waals surface area contributed by atoms with E-state index in [4.69, 9.17) is 18.9 Å². The first-order valence-electron chi connectivity index (χ1n) is 13.7. The maximum absolute atomic E-state index is 6.81. The first kappa shape index (κ1) is 26.8. The average Bonchev–Trinajstić information content (AvgIpc) is 3.27. The molecule has 0 aliphatic carbocycles. The quantitative estimate of drug-likeness (QED) is 0.293. The van der Waals surface area contributed by atoms with Crippen LogP contribution in [-0.4, -0.2) is 55.1 Å². The van der Waals surface area contributed by atoms with Crippen LogP contribution < -0.4 is 0 Å². The molecule has 2 aliphatic heterocycles. The Hall–Kier alpha value is -2.80. The van der Waals surface area contributed by atoms with Gasteiger partial charge in [-0.3, -0.25) is 4.90 Å². The summed E-state index contributed by atoms with van der Waals surface area (Å²) in [5.41, 5.74) is 3.42. The van der Waals surface area contributed by atoms with Crippen molar-refractivity contribution in [2.24, 2.45) is 5.92 Å². The molecule has 2 heterocycles. The molecule has 200 valence electrons. The van der Waals surface area contributed by atoms with Gasteiger partial charge in [0, 0.05) is 13.1 Å². The summed E-state index contributed by atoms with van der Waals surface area (Å²) in [6, 6.07) is 31.0. The molecule has 5 rings (SSSR count). The highest BCUT2D eigenvalue weighted by Crippen LogP contribution is 2.38. The molecule has 5 nitrogen and oxygen atoms in total. The zero-order valence-corrected chi connectivity index (χ0v) is 22.2. The van der Waals surface area contributed by atoms with E-state index in [9.17, 15) is 0 Å². The first-order chi connectivity index (χ1) is 18.7. The van der Waals surface area contributed by atoms with Crippen molar-refractivity contribution in [1.29, 1.82) is 0 Å². The number of nitrogens with zero attached hydrogens (tertiary/aromatic N) is 1. The van der Waals surface area contributed by atoms with Gasteiger partial charge < -0.3 is 18.9 Å². The zero-order chi connectivity index (χ0) is 26.2. The summed E-state index contributed by atoms with van der Waals surface area (Å²) in [7, 11) is 0. The van der Waals surface area contributed by atoms with Gasteiger partial charge in [0.15, 0.2) is 0 Å². The molecule has 6 atom stereocenters. The van der Waals surface area contributed by atoms with Gasteiger partial charge in [-0.05, 0) is 22.6 Å². The normalized spacial score (nSPS) is 27.2. The molecular weight excluding hydrogens is 474 g/mol. The standard InChI is InChI=1S/C33H39NO4/c1-3-19-34-20-25(2)31-30(34)33(37-23-28-17-11-6-12-18-28)32(36-22-27-15-9-5-10-16-27)29(38-31)24-35-21-26-13-7-4-8-14-26/h3-18,25,29-33H,1,19-24H2,2H3/t25-,29-,30+,31-,32+,33-/m1/s1. The van der Waals surface area contributed by atoms with Crippen LogP contribution in [0.1, 0.15) is 23.6 Å². The van der Waals surface area contributed by atoms with Crippen molar-refractivity contribution < 1.29 is 18.9 Å². The third-order valence-electron chi connectivity index (χ3n) is 7.53. The van der Waals surface area contributed by atoms with Crippen LogP contribution in [-0.2, 0) is 38.8 Å². The molecule has 2 saturated heterocycles. The molecule has 0 bridgehead atoms. The van der Waals surface area contributed by atoms with Crippen LogP contribution in [0.2, 0.25) is 0 Å². The largest absolute Gasteiger partial charge is 0.374 e. The number of hydrogen-bond acceptors (Lipinski definition) is 5. The lowest BCUT2D eigenvalue weighted by atomic mass is 9.89. The van der Waals surface area contributed by atoms with E-state index in [1.165, 1.54) is 0 Å². The molecule has 2 fully saturated rings. The van der Waals surface area contributed by atoms with E-state index in [2.05, 4.69) is 66.9 Å². The number of rotatable bonds is 12. The minimum absolute atomic E-state index is 0.0395. The number of fused-ring (bicyclic) bond motifs is 1. The van der Waals surface area contributed by atoms with E-state index in [1.54, 1.807) is 0 Å². The Bertz CT molecular complexity index is 1110. The lowest BCUT2D eigenvalue weighted by Crippen LogP contribution is -2.62. The summed E-state index contributed by atoms with van der Waals surface area (Å²) < 4.78 is 26.5. The highest BCUT2D eigenvalue weighted by atomic mass is 16.6. The minimum atomic E-state index is -0.284. The number of likely N-dealkylation sites (tertiary alicyclic amines) is 1. The predicted octanol–water partition coefficient (Wildman–Crippen LogP) is 5.65. The van der Waals surface area contributed by atoms with Gasteiger partial charge in [-0.2, -0.15) is 0 Å². The summed E-state index contributed by atoms with van der Waals surface area (Å²) >= 11 is 0. The fourth-order valence-electron chi connectivity index (χ4n) is 5.73. The van der Waals surface area contributed by atoms with Crippen molar-refractivity contribution in [3.63, 3.8) is 0 Å². The van der Waals surface area contributed by atoms with Crippen molar-refractivity contribution >= 4 is 0 Å². The van der Waals surface area contributed by atoms with Gasteiger partial charge in [0.1, 0.15) is 18.3 Å². The Morgan fingerprint density at radius 2 is 1.32 bits per heavy atom. The number of hydrogen-bond donors (Lipinski definition) is 0. The Balaban J connectivity index is 1.39. The maximum Gasteiger partial charge on any atom is 0.114 e. The van der Waals surface area contributed by atoms with Gasteiger partial charge >= 0.3 is 0 Å². The van der Waals surface area contributed by atoms with E-state index < -0.39 is 0 Å². The van der Waals surface area contributed by atoms with Gasteiger partial charge in [-0.1, -0.05) is 104 Å². The summed E-state index contributed by atoms with van der Waals surface area (Å²) in [4.78, 5) is 2.44. The summed E-state index contributed by atoms with van der Waals surface area (Å²) in [5, 5.41) is 0. The molecule has 3 aromatic carbocycles. The van der Waals surface area contributed by atoms with Gasteiger partial charge in [-0.15, -0.1) is 6.58 Å². The van der Waals surface area contributed by atoms with Gasteiger partial charge in [0.2, 0.25) is 0 Å². The SMILES string of the molecule is C=CCN1C[C@@H](C)[C@H]2O[C@H](COCc3ccccc3)[C@H](OCc3ccccc3)[C@H](OCc3ccccc3)[C@H]21. The van der Waals surface area contributed by atoms with Crippen molar-refractivity contribution in [1.82, 2.24) is 4.90 Å². The molecule has 0 saturated carbocycles. The van der Waals surface area contributed by atoms with Gasteiger partial charge in [0.05, 0.1) is 38.6 Å². The van der Waals surface area contributed by atoms with Crippen LogP contribution in [0.3, 0.4) is 0 Å². The Morgan fingerprint density at radius 3 is 1.87 bits per heavy atom. The van der Waals surface area contributed by atoms with E-state index >= 15 is 0 Å². The second kappa shape index (κ2) is 13.3. The summed E-state index contributed by atoms with van der Waals surface area (Å²) in [5.74, 6) is 0.370. The molecule has 2 aliphatic rings. The molecule has 0 amide bonds. The molecule has 5 heteroatoms. The van der Waals surface area contributed by atoms with Crippen LogP contribution >= 0.6 is 0 Å². The van der Waals surface area contributed by atoms with E-state index in [0.717, 1.165) is 29.8 Å². The van der Waals surface area contributed by atoms with Crippen molar-refractivity contribution in [2.45, 2.75) is 57.2 Å². The van der Waals surface area contributed by atoms with E-state index in [1.807, 2.05) is 48.5 Å². The van der Waals surface area contributed by atoms with Gasteiger partial charge in [0.25, 0.3) is 0 Å². The topological polar surface area (TPSA) is 40.2 Å². The number of benzene rings is 3. The molecular formula is C33H39NO4. The third-order valence-corrected chi connectivity index (χ3v) is 7.53. The van der Waals surface area contributed by atoms with Crippen LogP contribution in [0.4, 0.5) is 0 Å². The first-order valence-corrected chi connectivity index (χ1v) is 13.7. The van der Waals surface area contributed by atoms with Crippen LogP contribution in [0.5, 0.6) is 0 Å². The molecule has 0 N–H and O–H groups in total. The van der Waals surface area contributed by atoms with Crippen LogP contribution in [0, 0.1) is 5.92 Å². The highest BCUT2D eigenvalue weighted by Gasteiger charge is 2.54. The van der Waals surface area contributed by atoms with Crippen molar-refractivity contribution in [3.8, 4) is 0 Å². The fraction of sp³-hybridized carbons (Fsp3) is 0.394. The second-order valence-corrected chi connectivity index (χ2v) is 10.4. The zero-order valence-electron chi connectivity index (χ0n) is 22.2. The van der Waals surface area contributed by atoms with E-state index in [0.29, 0.717) is 32.3 Å². The molecule has 0 radical (unpaired) electrons. The molecule has 38 heavy (non-hydrogen) atoms. The number of ether oxygens (including phenoxy) is 4. The summed E-state index contributed by atoms with van der Waals surface area (Å²) in [6.45, 7) is 10.00. The molecule has 0 spiro atoms. The van der Waals surface area contributed by atoms with Crippen LogP contribution in [0.15, 0.2) is 104 Å². The monoisotopic (exact) mass is 513 g/mol. The van der Waals surface area contributed by atoms with Crippen molar-refractivity contribution in [3.05, 3.63) is 120 Å². The van der Waals surface area contributed by atoms with E-state index in [-0.39, 0.29) is 30.5 Å². The Kier molecular flexibility index (Phi) is 9.39. The lowest BCUT2D eigenvalue weighted by molar-refractivity contribution is -0.239. The maximum atomic E-state index is 6.81. The average molecular weight is 514 g/mol. The smallest absolute Gasteiger partial charge is 0.114 e. The molecule has 0 unspecified atom stereocenters. The second-order valence-electron chi connectivity index (χ2n) is 10.4. The minimum Gasteiger partial charge on any atom is -0.374 e. The molecule has 0 aromatic heterocycles. The van der Waals surface area contributed by atoms with Crippen LogP contribution in [0.25, 0.3) is 0 Å². The highest BCUT2D eigenvalue weighted by molar-refractivity contribution is 5.16. The third kappa shape index (κ3) is 6.60. The fourth-order valence-corrected chi connectivity index (χ4v) is 5.73. The lowest BCUT2D eigenvalue weighted by Gasteiger charge is -2.47. The molecule has 3 aromatic rings. The predicted molar refractivity (Wildman–Crippen MR) is 150 cm³/mol. The summed E-state index contributed by atoms with van der Waals surface area (Å²) in [6.07, 6.45) is 1.31. The van der Waals surface area contributed by atoms with Gasteiger partial charge in [-0.25, -0.2) is 0 Å².